The van der Waals surface area contributed by atoms with Crippen molar-refractivity contribution in [3.05, 3.63) is 81.2 Å². The molecule has 2 rings (SSSR count). The summed E-state index contributed by atoms with van der Waals surface area (Å²) in [4.78, 5) is 12.8. The smallest absolute Gasteiger partial charge is 0.279 e. The molecule has 1 aromatic rings. The lowest BCUT2D eigenvalue weighted by atomic mass is 9.93. The van der Waals surface area contributed by atoms with Crippen LogP contribution in [-0.2, 0) is 10.0 Å². The van der Waals surface area contributed by atoms with E-state index in [-0.39, 0.29) is 27.7 Å². The summed E-state index contributed by atoms with van der Waals surface area (Å²) in [6.45, 7) is 9.18. The summed E-state index contributed by atoms with van der Waals surface area (Å²) in [7, 11) is -4.01. The second-order valence-corrected chi connectivity index (χ2v) is 8.89. The van der Waals surface area contributed by atoms with Gasteiger partial charge in [-0.3, -0.25) is 4.79 Å². The van der Waals surface area contributed by atoms with Crippen molar-refractivity contribution >= 4 is 33.3 Å². The molecular weight excluding hydrogens is 392 g/mol. The van der Waals surface area contributed by atoms with Gasteiger partial charge >= 0.3 is 0 Å². The minimum Gasteiger partial charge on any atom is -0.288 e. The van der Waals surface area contributed by atoms with Gasteiger partial charge in [0.05, 0.1) is 15.5 Å². The van der Waals surface area contributed by atoms with Crippen LogP contribution >= 0.6 is 11.8 Å². The van der Waals surface area contributed by atoms with Crippen LogP contribution in [0.2, 0.25) is 0 Å². The lowest BCUT2D eigenvalue weighted by Gasteiger charge is -2.16. The first-order valence-corrected chi connectivity index (χ1v) is 10.7. The Hall–Kier alpha value is -2.69. The predicted molar refractivity (Wildman–Crippen MR) is 115 cm³/mol. The van der Waals surface area contributed by atoms with Crippen LogP contribution in [0.3, 0.4) is 0 Å². The molecular formula is C21H20N2O3S2. The van der Waals surface area contributed by atoms with Gasteiger partial charge in [0.25, 0.3) is 10.0 Å². The quantitative estimate of drug-likeness (QED) is 0.379. The number of thioether (sulfide) groups is 1. The van der Waals surface area contributed by atoms with Gasteiger partial charge in [-0.15, -0.1) is 6.58 Å². The number of allylic oxidation sites excluding steroid dienone is 7. The zero-order valence-electron chi connectivity index (χ0n) is 15.9. The van der Waals surface area contributed by atoms with Gasteiger partial charge in [-0.25, -0.2) is 0 Å². The summed E-state index contributed by atoms with van der Waals surface area (Å²) < 4.78 is 29.9. The monoisotopic (exact) mass is 412 g/mol. The first-order chi connectivity index (χ1) is 13.2. The molecule has 1 aliphatic rings. The number of sulfonamides is 1. The number of carbonyl (C=O) groups is 1. The number of fused-ring (bicyclic) bond motifs is 1. The third-order valence-electron chi connectivity index (χ3n) is 3.84. The molecule has 0 N–H and O–H groups in total. The lowest BCUT2D eigenvalue weighted by molar-refractivity contribution is 0.104. The molecule has 0 saturated carbocycles. The van der Waals surface area contributed by atoms with E-state index in [4.69, 9.17) is 5.26 Å². The van der Waals surface area contributed by atoms with Crippen LogP contribution in [-0.4, -0.2) is 19.9 Å². The number of hydrogen-bond donors (Lipinski definition) is 0. The number of carbonyl (C=O) groups excluding carboxylic acids is 1. The van der Waals surface area contributed by atoms with Crippen LogP contribution in [0, 0.1) is 17.6 Å². The Balaban J connectivity index is 2.70. The Kier molecular flexibility index (Phi) is 6.95. The van der Waals surface area contributed by atoms with Crippen molar-refractivity contribution in [2.75, 3.05) is 0 Å². The highest BCUT2D eigenvalue weighted by molar-refractivity contribution is 8.08. The van der Waals surface area contributed by atoms with E-state index in [1.165, 1.54) is 18.2 Å². The van der Waals surface area contributed by atoms with E-state index >= 15 is 0 Å². The van der Waals surface area contributed by atoms with Crippen molar-refractivity contribution in [2.24, 2.45) is 4.40 Å². The van der Waals surface area contributed by atoms with Gasteiger partial charge in [-0.2, -0.15) is 18.1 Å². The van der Waals surface area contributed by atoms with E-state index < -0.39 is 10.0 Å². The summed E-state index contributed by atoms with van der Waals surface area (Å²) >= 11 is 0.692. The van der Waals surface area contributed by atoms with Gasteiger partial charge < -0.3 is 0 Å². The minimum atomic E-state index is -4.01. The highest BCUT2D eigenvalue weighted by Crippen LogP contribution is 2.30. The Labute approximate surface area is 169 Å². The fraction of sp³-hybridized carbons (Fsp3) is 0.190. The van der Waals surface area contributed by atoms with Crippen LogP contribution in [0.4, 0.5) is 0 Å². The molecule has 0 saturated heterocycles. The highest BCUT2D eigenvalue weighted by Gasteiger charge is 2.27. The summed E-state index contributed by atoms with van der Waals surface area (Å²) in [5.74, 6) is -0.315. The molecule has 0 aromatic heterocycles. The third kappa shape index (κ3) is 4.97. The molecule has 0 atom stereocenters. The van der Waals surface area contributed by atoms with Crippen molar-refractivity contribution in [1.82, 2.24) is 0 Å². The normalized spacial score (nSPS) is 15.5. The van der Waals surface area contributed by atoms with E-state index in [0.717, 1.165) is 11.1 Å². The Bertz CT molecular complexity index is 1090. The van der Waals surface area contributed by atoms with Crippen LogP contribution in [0.1, 0.15) is 41.8 Å². The lowest BCUT2D eigenvalue weighted by Crippen LogP contribution is -2.18. The fourth-order valence-corrected chi connectivity index (χ4v) is 4.09. The molecule has 0 amide bonds. The maximum absolute atomic E-state index is 12.9. The molecule has 144 valence electrons. The second-order valence-electron chi connectivity index (χ2n) is 6.40. The number of rotatable bonds is 6. The maximum atomic E-state index is 12.9. The molecule has 0 spiro atoms. The first kappa shape index (κ1) is 21.6. The van der Waals surface area contributed by atoms with Crippen LogP contribution < -0.4 is 0 Å². The molecule has 0 fully saturated rings. The summed E-state index contributed by atoms with van der Waals surface area (Å²) in [5, 5.41) is 10.8. The molecule has 0 heterocycles. The molecule has 0 aliphatic heterocycles. The van der Waals surface area contributed by atoms with Gasteiger partial charge in [0, 0.05) is 17.5 Å². The van der Waals surface area contributed by atoms with Crippen molar-refractivity contribution in [3.8, 4) is 5.40 Å². The van der Waals surface area contributed by atoms with Gasteiger partial charge in [-0.05, 0) is 50.8 Å². The Morgan fingerprint density at radius 2 is 2.00 bits per heavy atom. The number of nitrogens with zero attached hydrogens (tertiary/aromatic N) is 2. The van der Waals surface area contributed by atoms with Crippen molar-refractivity contribution in [2.45, 2.75) is 27.2 Å². The predicted octanol–water partition coefficient (Wildman–Crippen LogP) is 4.83. The zero-order chi connectivity index (χ0) is 20.9. The molecule has 0 radical (unpaired) electrons. The minimum absolute atomic E-state index is 0.102. The van der Waals surface area contributed by atoms with Gasteiger partial charge in [0.15, 0.2) is 0 Å². The number of ketones is 1. The third-order valence-corrected chi connectivity index (χ3v) is 5.86. The van der Waals surface area contributed by atoms with E-state index in [1.54, 1.807) is 24.3 Å². The number of nitriles is 1. The van der Waals surface area contributed by atoms with Gasteiger partial charge in [-0.1, -0.05) is 35.4 Å². The summed E-state index contributed by atoms with van der Waals surface area (Å²) in [6.07, 6.45) is 6.20. The number of thiocyanates is 1. The molecule has 0 unspecified atom stereocenters. The Morgan fingerprint density at radius 1 is 1.29 bits per heavy atom. The van der Waals surface area contributed by atoms with Crippen LogP contribution in [0.5, 0.6) is 0 Å². The zero-order valence-corrected chi connectivity index (χ0v) is 17.5. The molecule has 1 aliphatic carbocycles. The fourth-order valence-electron chi connectivity index (χ4n) is 2.52. The maximum Gasteiger partial charge on any atom is 0.279 e. The van der Waals surface area contributed by atoms with Gasteiger partial charge in [0.1, 0.15) is 5.40 Å². The number of benzene rings is 1. The van der Waals surface area contributed by atoms with Crippen molar-refractivity contribution in [1.29, 1.82) is 5.26 Å². The molecule has 0 bridgehead atoms. The van der Waals surface area contributed by atoms with Crippen molar-refractivity contribution < 1.29 is 13.2 Å². The number of aryl methyl sites for hydroxylation is 1. The van der Waals surface area contributed by atoms with E-state index in [0.29, 0.717) is 22.9 Å². The van der Waals surface area contributed by atoms with Gasteiger partial charge in [0.2, 0.25) is 5.78 Å². The summed E-state index contributed by atoms with van der Waals surface area (Å²) in [6, 6.07) is 5.11. The highest BCUT2D eigenvalue weighted by atomic mass is 32.2. The van der Waals surface area contributed by atoms with Crippen LogP contribution in [0.25, 0.3) is 0 Å². The second kappa shape index (κ2) is 9.00. The molecule has 5 nitrogen and oxygen atoms in total. The SMILES string of the molecule is C=CC/C(=C\C=C(C)C)S(=O)(=O)N=C1C=C(SC#N)C(=O)c2ccc(C)cc21. The molecule has 7 heteroatoms. The number of Topliss-reactive ketones (excluding diaryl/α,β-unsaturated/α-hetero) is 1. The standard InChI is InChI=1S/C21H20N2O3S2/c1-5-6-16(9-7-14(2)3)28(25,26)23-19-12-20(27-13-22)21(24)17-10-8-15(4)11-18(17)19/h5,7-12H,1,6H2,2-4H3/b16-9+,23-19?. The Morgan fingerprint density at radius 3 is 2.61 bits per heavy atom. The number of hydrogen-bond acceptors (Lipinski definition) is 5. The van der Waals surface area contributed by atoms with E-state index in [9.17, 15) is 13.2 Å². The molecule has 1 aromatic carbocycles. The average Bonchev–Trinajstić information content (AvgIpc) is 2.62. The molecule has 28 heavy (non-hydrogen) atoms. The van der Waals surface area contributed by atoms with E-state index in [1.807, 2.05) is 26.2 Å². The van der Waals surface area contributed by atoms with Crippen LogP contribution in [0.15, 0.2) is 68.9 Å². The van der Waals surface area contributed by atoms with Crippen molar-refractivity contribution in [3.63, 3.8) is 0 Å². The average molecular weight is 413 g/mol. The topological polar surface area (TPSA) is 87.4 Å². The summed E-state index contributed by atoms with van der Waals surface area (Å²) in [5.41, 5.74) is 2.73. The largest absolute Gasteiger partial charge is 0.288 e. The van der Waals surface area contributed by atoms with E-state index in [2.05, 4.69) is 11.0 Å². The first-order valence-electron chi connectivity index (χ1n) is 8.43.